The van der Waals surface area contributed by atoms with E-state index in [1.807, 2.05) is 70.3 Å². The van der Waals surface area contributed by atoms with Gasteiger partial charge in [0.1, 0.15) is 0 Å². The number of nitrogens with one attached hydrogen (secondary N) is 1. The number of rotatable bonds is 6. The zero-order chi connectivity index (χ0) is 23.0. The zero-order valence-corrected chi connectivity index (χ0v) is 19.5. The number of sulfonamides is 1. The van der Waals surface area contributed by atoms with Gasteiger partial charge < -0.3 is 0 Å². The predicted molar refractivity (Wildman–Crippen MR) is 128 cm³/mol. The van der Waals surface area contributed by atoms with Crippen LogP contribution in [-0.4, -0.2) is 17.8 Å². The molecule has 1 aromatic heterocycles. The minimum Gasteiger partial charge on any atom is -0.285 e. The molecule has 0 aliphatic heterocycles. The van der Waals surface area contributed by atoms with E-state index in [-0.39, 0.29) is 22.9 Å². The normalized spacial score (nSPS) is 12.0. The van der Waals surface area contributed by atoms with Crippen LogP contribution in [0.1, 0.15) is 36.6 Å². The third-order valence-corrected chi connectivity index (χ3v) is 7.32. The zero-order valence-electron chi connectivity index (χ0n) is 18.7. The van der Waals surface area contributed by atoms with Crippen molar-refractivity contribution in [3.63, 3.8) is 0 Å². The Hall–Kier alpha value is -3.16. The molecule has 0 amide bonds. The second kappa shape index (κ2) is 8.41. The summed E-state index contributed by atoms with van der Waals surface area (Å²) >= 11 is 0. The molecule has 4 aromatic rings. The van der Waals surface area contributed by atoms with Gasteiger partial charge >= 0.3 is 0 Å². The van der Waals surface area contributed by atoms with E-state index in [2.05, 4.69) is 4.72 Å². The average Bonchev–Trinajstić information content (AvgIpc) is 3.00. The van der Waals surface area contributed by atoms with Gasteiger partial charge in [0.05, 0.1) is 10.6 Å². The lowest BCUT2D eigenvalue weighted by atomic mass is 10.0. The Morgan fingerprint density at radius 2 is 1.59 bits per heavy atom. The highest BCUT2D eigenvalue weighted by Crippen LogP contribution is 2.21. The van der Waals surface area contributed by atoms with Gasteiger partial charge in [0.2, 0.25) is 10.0 Å². The fraction of sp³-hybridized carbons (Fsp3) is 0.240. The van der Waals surface area contributed by atoms with Crippen LogP contribution in [0.5, 0.6) is 0 Å². The smallest absolute Gasteiger partial charge is 0.275 e. The largest absolute Gasteiger partial charge is 0.285 e. The highest BCUT2D eigenvalue weighted by Gasteiger charge is 2.19. The van der Waals surface area contributed by atoms with Crippen LogP contribution >= 0.6 is 0 Å². The fourth-order valence-electron chi connectivity index (χ4n) is 4.15. The van der Waals surface area contributed by atoms with Gasteiger partial charge in [-0.15, -0.1) is 0 Å². The predicted octanol–water partition coefficient (Wildman–Crippen LogP) is 4.24. The molecule has 0 spiro atoms. The lowest BCUT2D eigenvalue weighted by Gasteiger charge is -2.11. The summed E-state index contributed by atoms with van der Waals surface area (Å²) in [5.74, 6) is 0.105. The van der Waals surface area contributed by atoms with Crippen molar-refractivity contribution in [2.45, 2.75) is 38.1 Å². The monoisotopic (exact) mass is 449 g/mol. The van der Waals surface area contributed by atoms with Gasteiger partial charge in [-0.25, -0.2) is 17.8 Å². The van der Waals surface area contributed by atoms with Crippen LogP contribution in [-0.2, 0) is 23.6 Å². The molecular weight excluding hydrogens is 422 g/mol. The molecule has 0 atom stereocenters. The van der Waals surface area contributed by atoms with Crippen LogP contribution in [0.2, 0.25) is 0 Å². The Morgan fingerprint density at radius 3 is 2.25 bits per heavy atom. The molecule has 0 unspecified atom stereocenters. The molecule has 4 rings (SSSR count). The fourth-order valence-corrected chi connectivity index (χ4v) is 5.16. The van der Waals surface area contributed by atoms with Crippen molar-refractivity contribution < 1.29 is 8.42 Å². The Morgan fingerprint density at radius 1 is 0.938 bits per heavy atom. The molecule has 0 bridgehead atoms. The van der Waals surface area contributed by atoms with E-state index in [4.69, 9.17) is 0 Å². The van der Waals surface area contributed by atoms with E-state index in [1.165, 1.54) is 12.1 Å². The van der Waals surface area contributed by atoms with Gasteiger partial charge in [-0.2, -0.15) is 0 Å². The molecule has 0 aliphatic rings. The Kier molecular flexibility index (Phi) is 5.79. The van der Waals surface area contributed by atoms with Crippen molar-refractivity contribution in [2.75, 3.05) is 0 Å². The molecule has 3 aromatic carbocycles. The molecule has 7 heteroatoms. The highest BCUT2D eigenvalue weighted by molar-refractivity contribution is 7.89. The second-order valence-corrected chi connectivity index (χ2v) is 10.0. The van der Waals surface area contributed by atoms with Crippen molar-refractivity contribution in [2.24, 2.45) is 7.05 Å². The first-order valence-electron chi connectivity index (χ1n) is 10.6. The standard InChI is InChI=1S/C25H27N3O3S/c1-17(2)24-18(3)27(4)28(25(24)29)21-12-14-22(15-13-21)32(30,31)26-16-20-10-7-9-19-8-5-6-11-23(19)20/h5-15,17,26H,16H2,1-4H3. The van der Waals surface area contributed by atoms with E-state index in [9.17, 15) is 13.2 Å². The maximum absolute atomic E-state index is 12.9. The second-order valence-electron chi connectivity index (χ2n) is 8.25. The van der Waals surface area contributed by atoms with Gasteiger partial charge in [0.15, 0.2) is 0 Å². The van der Waals surface area contributed by atoms with Crippen LogP contribution in [0, 0.1) is 6.92 Å². The Labute approximate surface area is 188 Å². The minimum absolute atomic E-state index is 0.0790. The first-order valence-corrected chi connectivity index (χ1v) is 12.0. The molecule has 0 saturated heterocycles. The van der Waals surface area contributed by atoms with Crippen LogP contribution in [0.4, 0.5) is 0 Å². The summed E-state index contributed by atoms with van der Waals surface area (Å²) in [5, 5.41) is 2.09. The van der Waals surface area contributed by atoms with Crippen LogP contribution in [0.25, 0.3) is 16.5 Å². The SMILES string of the molecule is Cc1c(C(C)C)c(=O)n(-c2ccc(S(=O)(=O)NCc3cccc4ccccc34)cc2)n1C. The van der Waals surface area contributed by atoms with Crippen LogP contribution in [0.3, 0.4) is 0 Å². The summed E-state index contributed by atoms with van der Waals surface area (Å²) < 4.78 is 31.8. The minimum atomic E-state index is -3.71. The molecule has 1 N–H and O–H groups in total. The lowest BCUT2D eigenvalue weighted by Crippen LogP contribution is -2.24. The molecule has 166 valence electrons. The molecule has 6 nitrogen and oxygen atoms in total. The van der Waals surface area contributed by atoms with Gasteiger partial charge in [-0.3, -0.25) is 9.48 Å². The number of nitrogens with zero attached hydrogens (tertiary/aromatic N) is 2. The Balaban J connectivity index is 1.60. The average molecular weight is 450 g/mol. The third kappa shape index (κ3) is 3.89. The van der Waals surface area contributed by atoms with Gasteiger partial charge in [0.25, 0.3) is 5.56 Å². The first kappa shape index (κ1) is 22.0. The summed E-state index contributed by atoms with van der Waals surface area (Å²) in [6, 6.07) is 20.1. The number of hydrogen-bond acceptors (Lipinski definition) is 3. The highest BCUT2D eigenvalue weighted by atomic mass is 32.2. The van der Waals surface area contributed by atoms with Crippen molar-refractivity contribution >= 4 is 20.8 Å². The van der Waals surface area contributed by atoms with Crippen molar-refractivity contribution in [1.29, 1.82) is 0 Å². The van der Waals surface area contributed by atoms with E-state index in [0.717, 1.165) is 27.6 Å². The van der Waals surface area contributed by atoms with Gasteiger partial charge in [-0.05, 0) is 53.4 Å². The molecule has 0 fully saturated rings. The van der Waals surface area contributed by atoms with Crippen LogP contribution < -0.4 is 10.3 Å². The van der Waals surface area contributed by atoms with Crippen molar-refractivity contribution in [3.8, 4) is 5.69 Å². The third-order valence-electron chi connectivity index (χ3n) is 5.90. The molecule has 1 heterocycles. The molecular formula is C25H27N3O3S. The molecule has 0 saturated carbocycles. The number of benzene rings is 3. The van der Waals surface area contributed by atoms with Gasteiger partial charge in [-0.1, -0.05) is 56.3 Å². The Bertz CT molecular complexity index is 1440. The lowest BCUT2D eigenvalue weighted by molar-refractivity contribution is 0.581. The quantitative estimate of drug-likeness (QED) is 0.479. The molecule has 0 radical (unpaired) electrons. The summed E-state index contributed by atoms with van der Waals surface area (Å²) in [5.41, 5.74) is 3.12. The van der Waals surface area contributed by atoms with E-state index < -0.39 is 10.0 Å². The summed E-state index contributed by atoms with van der Waals surface area (Å²) in [6.45, 7) is 6.10. The topological polar surface area (TPSA) is 73.1 Å². The van der Waals surface area contributed by atoms with Crippen molar-refractivity contribution in [1.82, 2.24) is 14.1 Å². The van der Waals surface area contributed by atoms with Crippen LogP contribution in [0.15, 0.2) is 76.4 Å². The van der Waals surface area contributed by atoms with E-state index in [1.54, 1.807) is 21.5 Å². The number of fused-ring (bicyclic) bond motifs is 1. The summed E-state index contributed by atoms with van der Waals surface area (Å²) in [7, 11) is -1.87. The van der Waals surface area contributed by atoms with E-state index in [0.29, 0.717) is 5.69 Å². The maximum atomic E-state index is 12.9. The maximum Gasteiger partial charge on any atom is 0.275 e. The van der Waals surface area contributed by atoms with E-state index >= 15 is 0 Å². The summed E-state index contributed by atoms with van der Waals surface area (Å²) in [4.78, 5) is 13.1. The molecule has 0 aliphatic carbocycles. The molecule has 32 heavy (non-hydrogen) atoms. The van der Waals surface area contributed by atoms with Gasteiger partial charge in [0, 0.05) is 24.8 Å². The van der Waals surface area contributed by atoms with Crippen molar-refractivity contribution in [3.05, 3.63) is 93.9 Å². The first-order chi connectivity index (χ1) is 15.2. The number of aromatic nitrogens is 2. The summed E-state index contributed by atoms with van der Waals surface area (Å²) in [6.07, 6.45) is 0. The number of hydrogen-bond donors (Lipinski definition) is 1.